The number of amides is 1. The molecule has 1 saturated heterocycles. The standard InChI is InChI=1S/C29H32N4O3/c34-29-19-33(24-10-11-24)15-21-5-3-8-25(13-21)36-26-9-4-6-22(14-26)20-35-28-18-32(17-27(28)31-29)16-23-7-1-2-12-30-23/h1-9,12-14,24,27-28H,10-11,15-20H2,(H,31,34)/t27-,28-/m0/s1. The lowest BCUT2D eigenvalue weighted by atomic mass is 10.1. The predicted octanol–water partition coefficient (Wildman–Crippen LogP) is 3.74. The van der Waals surface area contributed by atoms with Gasteiger partial charge in [-0.1, -0.05) is 30.3 Å². The summed E-state index contributed by atoms with van der Waals surface area (Å²) in [6.07, 6.45) is 4.01. The number of rotatable bonds is 3. The molecule has 2 atom stereocenters. The maximum absolute atomic E-state index is 13.2. The van der Waals surface area contributed by atoms with Gasteiger partial charge in [0.1, 0.15) is 11.5 Å². The third kappa shape index (κ3) is 5.75. The van der Waals surface area contributed by atoms with E-state index in [1.807, 2.05) is 60.8 Å². The molecule has 2 fully saturated rings. The molecule has 1 saturated carbocycles. The zero-order valence-electron chi connectivity index (χ0n) is 20.4. The van der Waals surface area contributed by atoms with Gasteiger partial charge in [-0.05, 0) is 60.4 Å². The highest BCUT2D eigenvalue weighted by Gasteiger charge is 2.36. The van der Waals surface area contributed by atoms with Gasteiger partial charge in [0.25, 0.3) is 0 Å². The van der Waals surface area contributed by atoms with Crippen LogP contribution in [0.1, 0.15) is 29.7 Å². The Labute approximate surface area is 212 Å². The van der Waals surface area contributed by atoms with E-state index in [2.05, 4.69) is 32.2 Å². The third-order valence-electron chi connectivity index (χ3n) is 7.09. The molecule has 1 aromatic heterocycles. The lowest BCUT2D eigenvalue weighted by Gasteiger charge is -2.25. The second kappa shape index (κ2) is 10.4. The first-order chi connectivity index (χ1) is 17.7. The monoisotopic (exact) mass is 484 g/mol. The van der Waals surface area contributed by atoms with Crippen LogP contribution in [0.5, 0.6) is 11.5 Å². The molecule has 7 nitrogen and oxygen atoms in total. The van der Waals surface area contributed by atoms with Crippen LogP contribution >= 0.6 is 0 Å². The lowest BCUT2D eigenvalue weighted by molar-refractivity contribution is -0.124. The molecule has 3 heterocycles. The smallest absolute Gasteiger partial charge is 0.234 e. The van der Waals surface area contributed by atoms with E-state index in [1.165, 1.54) is 0 Å². The Balaban J connectivity index is 1.25. The molecule has 3 aromatic rings. The van der Waals surface area contributed by atoms with Crippen LogP contribution in [-0.4, -0.2) is 58.5 Å². The number of pyridine rings is 1. The van der Waals surface area contributed by atoms with Gasteiger partial charge in [0, 0.05) is 38.4 Å². The van der Waals surface area contributed by atoms with Crippen molar-refractivity contribution in [2.45, 2.75) is 50.7 Å². The lowest BCUT2D eigenvalue weighted by Crippen LogP contribution is -2.48. The molecule has 0 spiro atoms. The first-order valence-corrected chi connectivity index (χ1v) is 12.8. The van der Waals surface area contributed by atoms with Gasteiger partial charge in [-0.25, -0.2) is 0 Å². The zero-order chi connectivity index (χ0) is 24.3. The second-order valence-electron chi connectivity index (χ2n) is 10.1. The SMILES string of the molecule is O=C1CN(C2CC2)Cc2cccc(c2)Oc2cccc(c2)CO[C@H]2CN(Cc3ccccn3)C[C@@H]2N1. The minimum Gasteiger partial charge on any atom is -0.457 e. The van der Waals surface area contributed by atoms with E-state index in [4.69, 9.17) is 9.47 Å². The molecule has 0 radical (unpaired) electrons. The molecule has 3 aliphatic rings. The van der Waals surface area contributed by atoms with Crippen LogP contribution in [-0.2, 0) is 29.2 Å². The number of ether oxygens (including phenoxy) is 2. The Morgan fingerprint density at radius 2 is 1.72 bits per heavy atom. The number of carbonyl (C=O) groups excluding carboxylic acids is 1. The summed E-state index contributed by atoms with van der Waals surface area (Å²) in [5, 5.41) is 3.31. The summed E-state index contributed by atoms with van der Waals surface area (Å²) in [7, 11) is 0. The third-order valence-corrected chi connectivity index (χ3v) is 7.09. The van der Waals surface area contributed by atoms with Crippen molar-refractivity contribution >= 4 is 5.91 Å². The largest absolute Gasteiger partial charge is 0.457 e. The fraction of sp³-hybridized carbons (Fsp3) is 0.379. The number of hydrogen-bond acceptors (Lipinski definition) is 6. The van der Waals surface area contributed by atoms with Gasteiger partial charge in [0.2, 0.25) is 5.91 Å². The molecule has 1 aliphatic carbocycles. The van der Waals surface area contributed by atoms with Gasteiger partial charge in [-0.3, -0.25) is 19.6 Å². The molecule has 6 rings (SSSR count). The molecule has 1 N–H and O–H groups in total. The quantitative estimate of drug-likeness (QED) is 0.611. The van der Waals surface area contributed by atoms with Crippen molar-refractivity contribution in [3.63, 3.8) is 0 Å². The van der Waals surface area contributed by atoms with Crippen LogP contribution in [0.25, 0.3) is 0 Å². The van der Waals surface area contributed by atoms with Crippen LogP contribution in [0.15, 0.2) is 72.9 Å². The van der Waals surface area contributed by atoms with Crippen molar-refractivity contribution in [1.29, 1.82) is 0 Å². The Morgan fingerprint density at radius 3 is 2.50 bits per heavy atom. The summed E-state index contributed by atoms with van der Waals surface area (Å²) >= 11 is 0. The van der Waals surface area contributed by atoms with Crippen molar-refractivity contribution in [3.8, 4) is 11.5 Å². The van der Waals surface area contributed by atoms with Crippen molar-refractivity contribution in [2.24, 2.45) is 0 Å². The van der Waals surface area contributed by atoms with Gasteiger partial charge in [0.05, 0.1) is 31.0 Å². The van der Waals surface area contributed by atoms with E-state index in [0.717, 1.165) is 67.3 Å². The molecule has 36 heavy (non-hydrogen) atoms. The fourth-order valence-electron chi connectivity index (χ4n) is 5.18. The number of nitrogens with zero attached hydrogens (tertiary/aromatic N) is 3. The average Bonchev–Trinajstić information content (AvgIpc) is 3.66. The van der Waals surface area contributed by atoms with Gasteiger partial charge in [-0.2, -0.15) is 0 Å². The minimum atomic E-state index is -0.0998. The van der Waals surface area contributed by atoms with Crippen LogP contribution in [0.2, 0.25) is 0 Å². The maximum atomic E-state index is 13.2. The number of benzene rings is 2. The Bertz CT molecular complexity index is 1200. The first-order valence-electron chi connectivity index (χ1n) is 12.8. The van der Waals surface area contributed by atoms with Gasteiger partial charge in [-0.15, -0.1) is 0 Å². The highest BCUT2D eigenvalue weighted by atomic mass is 16.5. The number of fused-ring (bicyclic) bond motifs is 5. The molecule has 2 aromatic carbocycles. The first kappa shape index (κ1) is 23.2. The van der Waals surface area contributed by atoms with Crippen molar-refractivity contribution in [2.75, 3.05) is 19.6 Å². The summed E-state index contributed by atoms with van der Waals surface area (Å²) in [6.45, 7) is 3.79. The summed E-state index contributed by atoms with van der Waals surface area (Å²) in [5.41, 5.74) is 3.22. The molecule has 0 unspecified atom stereocenters. The van der Waals surface area contributed by atoms with Crippen LogP contribution in [0, 0.1) is 0 Å². The molecular formula is C29H32N4O3. The average molecular weight is 485 g/mol. The van der Waals surface area contributed by atoms with E-state index in [-0.39, 0.29) is 18.1 Å². The van der Waals surface area contributed by atoms with Gasteiger partial charge in [0.15, 0.2) is 0 Å². The zero-order valence-corrected chi connectivity index (χ0v) is 20.4. The van der Waals surface area contributed by atoms with E-state index >= 15 is 0 Å². The molecule has 186 valence electrons. The molecule has 4 bridgehead atoms. The van der Waals surface area contributed by atoms with E-state index < -0.39 is 0 Å². The minimum absolute atomic E-state index is 0.0571. The number of aromatic nitrogens is 1. The molecule has 2 aliphatic heterocycles. The number of nitrogens with one attached hydrogen (secondary N) is 1. The van der Waals surface area contributed by atoms with Gasteiger partial charge < -0.3 is 14.8 Å². The van der Waals surface area contributed by atoms with Gasteiger partial charge >= 0.3 is 0 Å². The number of carbonyl (C=O) groups is 1. The Hall–Kier alpha value is -3.26. The predicted molar refractivity (Wildman–Crippen MR) is 136 cm³/mol. The molecule has 7 heteroatoms. The summed E-state index contributed by atoms with van der Waals surface area (Å²) in [6, 6.07) is 22.6. The van der Waals surface area contributed by atoms with Crippen LogP contribution < -0.4 is 10.1 Å². The van der Waals surface area contributed by atoms with Crippen LogP contribution in [0.3, 0.4) is 0 Å². The number of likely N-dealkylation sites (tertiary alicyclic amines) is 1. The summed E-state index contributed by atoms with van der Waals surface area (Å²) in [4.78, 5) is 22.3. The van der Waals surface area contributed by atoms with Crippen molar-refractivity contribution < 1.29 is 14.3 Å². The fourth-order valence-corrected chi connectivity index (χ4v) is 5.18. The summed E-state index contributed by atoms with van der Waals surface area (Å²) < 4.78 is 12.6. The summed E-state index contributed by atoms with van der Waals surface area (Å²) in [5.74, 6) is 1.66. The van der Waals surface area contributed by atoms with E-state index in [0.29, 0.717) is 19.2 Å². The highest BCUT2D eigenvalue weighted by molar-refractivity contribution is 5.78. The Morgan fingerprint density at radius 1 is 0.917 bits per heavy atom. The topological polar surface area (TPSA) is 66.9 Å². The normalized spacial score (nSPS) is 23.5. The van der Waals surface area contributed by atoms with E-state index in [9.17, 15) is 4.79 Å². The van der Waals surface area contributed by atoms with Crippen molar-refractivity contribution in [3.05, 3.63) is 89.7 Å². The molecule has 1 amide bonds. The maximum Gasteiger partial charge on any atom is 0.234 e. The van der Waals surface area contributed by atoms with Crippen molar-refractivity contribution in [1.82, 2.24) is 20.1 Å². The van der Waals surface area contributed by atoms with E-state index in [1.54, 1.807) is 0 Å². The number of hydrogen-bond donors (Lipinski definition) is 1. The van der Waals surface area contributed by atoms with Crippen LogP contribution in [0.4, 0.5) is 0 Å². The Kier molecular flexibility index (Phi) is 6.68. The highest BCUT2D eigenvalue weighted by Crippen LogP contribution is 2.30. The molecular weight excluding hydrogens is 452 g/mol. The second-order valence-corrected chi connectivity index (χ2v) is 10.1.